The Morgan fingerprint density at radius 1 is 1.44 bits per heavy atom. The Morgan fingerprint density at radius 2 is 2.11 bits per heavy atom. The molecule has 0 rings (SSSR count). The first-order valence-corrected chi connectivity index (χ1v) is 3.66. The highest BCUT2D eigenvalue weighted by Crippen LogP contribution is 1.95. The van der Waals surface area contributed by atoms with Crippen molar-refractivity contribution in [1.82, 2.24) is 0 Å². The van der Waals surface area contributed by atoms with Gasteiger partial charge >= 0.3 is 0 Å². The van der Waals surface area contributed by atoms with Crippen molar-refractivity contribution in [3.8, 4) is 0 Å². The molecule has 9 heavy (non-hydrogen) atoms. The molecule has 1 nitrogen and oxygen atoms in total. The van der Waals surface area contributed by atoms with Gasteiger partial charge in [-0.25, -0.2) is 0 Å². The van der Waals surface area contributed by atoms with Crippen LogP contribution >= 0.6 is 0 Å². The lowest BCUT2D eigenvalue weighted by Gasteiger charge is -1.95. The molecule has 53 valence electrons. The summed E-state index contributed by atoms with van der Waals surface area (Å²) in [6.07, 6.45) is 3.53. The third-order valence-corrected chi connectivity index (χ3v) is 1.20. The second-order valence-corrected chi connectivity index (χ2v) is 2.14. The van der Waals surface area contributed by atoms with Gasteiger partial charge in [-0.05, 0) is 26.7 Å². The van der Waals surface area contributed by atoms with Crippen LogP contribution in [0.4, 0.5) is 0 Å². The summed E-state index contributed by atoms with van der Waals surface area (Å²) in [6, 6.07) is 0. The van der Waals surface area contributed by atoms with E-state index in [0.29, 0.717) is 0 Å². The summed E-state index contributed by atoms with van der Waals surface area (Å²) in [5, 5.41) is 0. The van der Waals surface area contributed by atoms with E-state index >= 15 is 0 Å². The molecule has 0 N–H and O–H groups in total. The predicted octanol–water partition coefficient (Wildman–Crippen LogP) is 2.47. The fraction of sp³-hybridized carbons (Fsp3) is 0.750. The zero-order valence-corrected chi connectivity index (χ0v) is 6.48. The number of rotatable bonds is 4. The minimum Gasteiger partial charge on any atom is -0.294 e. The molecule has 0 aliphatic carbocycles. The van der Waals surface area contributed by atoms with Gasteiger partial charge in [-0.15, -0.1) is 0 Å². The first-order valence-electron chi connectivity index (χ1n) is 3.66. The van der Waals surface area contributed by atoms with Crippen LogP contribution in [0.25, 0.3) is 0 Å². The van der Waals surface area contributed by atoms with Crippen molar-refractivity contribution in [2.45, 2.75) is 33.1 Å². The molecule has 0 fully saturated rings. The Morgan fingerprint density at radius 3 is 2.56 bits per heavy atom. The molecule has 0 saturated heterocycles. The lowest BCUT2D eigenvalue weighted by atomic mass is 10.2. The van der Waals surface area contributed by atoms with Crippen molar-refractivity contribution in [1.29, 1.82) is 0 Å². The second-order valence-electron chi connectivity index (χ2n) is 2.14. The van der Waals surface area contributed by atoms with E-state index in [1.165, 1.54) is 12.8 Å². The number of hydrogen-bond donors (Lipinski definition) is 0. The van der Waals surface area contributed by atoms with Gasteiger partial charge in [0.15, 0.2) is 0 Å². The van der Waals surface area contributed by atoms with Crippen LogP contribution in [-0.2, 0) is 0 Å². The maximum Gasteiger partial charge on any atom is 0.0360 e. The number of aliphatic imine (C=N–C) groups is 1. The van der Waals surface area contributed by atoms with Crippen molar-refractivity contribution in [3.05, 3.63) is 6.92 Å². The molecular formula is C8H16N. The van der Waals surface area contributed by atoms with Crippen LogP contribution in [0.2, 0.25) is 0 Å². The lowest BCUT2D eigenvalue weighted by Crippen LogP contribution is -1.91. The van der Waals surface area contributed by atoms with Gasteiger partial charge in [0.2, 0.25) is 0 Å². The first kappa shape index (κ1) is 8.67. The quantitative estimate of drug-likeness (QED) is 0.513. The fourth-order valence-electron chi connectivity index (χ4n) is 0.683. The largest absolute Gasteiger partial charge is 0.294 e. The van der Waals surface area contributed by atoms with E-state index in [1.54, 1.807) is 0 Å². The summed E-state index contributed by atoms with van der Waals surface area (Å²) in [7, 11) is 0. The second kappa shape index (κ2) is 5.80. The molecule has 0 aliphatic rings. The Balaban J connectivity index is 3.25. The molecular weight excluding hydrogens is 110 g/mol. The van der Waals surface area contributed by atoms with Crippen molar-refractivity contribution in [2.24, 2.45) is 4.99 Å². The van der Waals surface area contributed by atoms with E-state index in [2.05, 4.69) is 18.8 Å². The standard InChI is InChI=1S/C8H16N/c1-4-6-7-8(3)9-5-2/h3-7H2,1-2H3/b9-8-. The van der Waals surface area contributed by atoms with Gasteiger partial charge in [0.1, 0.15) is 0 Å². The Bertz CT molecular complexity index is 84.6. The highest BCUT2D eigenvalue weighted by atomic mass is 14.7. The molecule has 0 atom stereocenters. The minimum absolute atomic E-state index is 0.878. The maximum atomic E-state index is 4.17. The molecule has 0 heterocycles. The van der Waals surface area contributed by atoms with Crippen LogP contribution in [-0.4, -0.2) is 12.3 Å². The van der Waals surface area contributed by atoms with Crippen molar-refractivity contribution < 1.29 is 0 Å². The molecule has 0 bridgehead atoms. The summed E-state index contributed by atoms with van der Waals surface area (Å²) in [5.74, 6) is 0. The van der Waals surface area contributed by atoms with Gasteiger partial charge in [0.05, 0.1) is 0 Å². The fourth-order valence-corrected chi connectivity index (χ4v) is 0.683. The molecule has 0 aliphatic heterocycles. The molecule has 1 heteroatoms. The van der Waals surface area contributed by atoms with Crippen molar-refractivity contribution in [3.63, 3.8) is 0 Å². The number of unbranched alkanes of at least 4 members (excludes halogenated alkanes) is 1. The van der Waals surface area contributed by atoms with Crippen LogP contribution in [0, 0.1) is 6.92 Å². The molecule has 0 unspecified atom stereocenters. The predicted molar refractivity (Wildman–Crippen MR) is 42.9 cm³/mol. The molecule has 0 saturated carbocycles. The van der Waals surface area contributed by atoms with E-state index in [1.807, 2.05) is 6.92 Å². The molecule has 0 amide bonds. The summed E-state index contributed by atoms with van der Waals surface area (Å²) >= 11 is 0. The van der Waals surface area contributed by atoms with Crippen LogP contribution in [0.5, 0.6) is 0 Å². The van der Waals surface area contributed by atoms with Gasteiger partial charge in [-0.1, -0.05) is 13.3 Å². The van der Waals surface area contributed by atoms with E-state index in [4.69, 9.17) is 0 Å². The molecule has 0 aromatic rings. The third kappa shape index (κ3) is 5.54. The summed E-state index contributed by atoms with van der Waals surface area (Å²) in [6.45, 7) is 8.91. The zero-order valence-electron chi connectivity index (χ0n) is 6.48. The average molecular weight is 126 g/mol. The van der Waals surface area contributed by atoms with Crippen LogP contribution in [0.15, 0.2) is 4.99 Å². The molecule has 0 aromatic heterocycles. The van der Waals surface area contributed by atoms with Crippen LogP contribution < -0.4 is 0 Å². The number of hydrogen-bond acceptors (Lipinski definition) is 1. The highest BCUT2D eigenvalue weighted by Gasteiger charge is 1.87. The SMILES string of the molecule is [CH2]/C(CCCC)=N/CC. The summed E-state index contributed by atoms with van der Waals surface area (Å²) < 4.78 is 0. The van der Waals surface area contributed by atoms with Gasteiger partial charge in [-0.2, -0.15) is 0 Å². The Labute approximate surface area is 58.2 Å². The van der Waals surface area contributed by atoms with Crippen molar-refractivity contribution >= 4 is 5.71 Å². The van der Waals surface area contributed by atoms with E-state index < -0.39 is 0 Å². The van der Waals surface area contributed by atoms with Crippen molar-refractivity contribution in [2.75, 3.05) is 6.54 Å². The van der Waals surface area contributed by atoms with E-state index in [9.17, 15) is 0 Å². The summed E-state index contributed by atoms with van der Waals surface area (Å²) in [4.78, 5) is 4.17. The lowest BCUT2D eigenvalue weighted by molar-refractivity contribution is 0.833. The normalized spacial score (nSPS) is 12.1. The monoisotopic (exact) mass is 126 g/mol. The van der Waals surface area contributed by atoms with Crippen LogP contribution in [0.1, 0.15) is 33.1 Å². The molecule has 0 spiro atoms. The highest BCUT2D eigenvalue weighted by molar-refractivity contribution is 5.88. The summed E-state index contributed by atoms with van der Waals surface area (Å²) in [5.41, 5.74) is 1.05. The Hall–Kier alpha value is -0.330. The molecule has 0 aromatic carbocycles. The Kier molecular flexibility index (Phi) is 5.59. The maximum absolute atomic E-state index is 4.17. The van der Waals surface area contributed by atoms with Crippen LogP contribution in [0.3, 0.4) is 0 Å². The van der Waals surface area contributed by atoms with E-state index in [0.717, 1.165) is 18.7 Å². The van der Waals surface area contributed by atoms with Gasteiger partial charge in [0, 0.05) is 12.3 Å². The minimum atomic E-state index is 0.878. The van der Waals surface area contributed by atoms with Gasteiger partial charge < -0.3 is 0 Å². The third-order valence-electron chi connectivity index (χ3n) is 1.20. The zero-order chi connectivity index (χ0) is 7.11. The average Bonchev–Trinajstić information content (AvgIpc) is 1.85. The number of nitrogens with zero attached hydrogens (tertiary/aromatic N) is 1. The molecule has 1 radical (unpaired) electrons. The van der Waals surface area contributed by atoms with Gasteiger partial charge in [0.25, 0.3) is 0 Å². The smallest absolute Gasteiger partial charge is 0.0360 e. The van der Waals surface area contributed by atoms with Gasteiger partial charge in [-0.3, -0.25) is 4.99 Å². The topological polar surface area (TPSA) is 12.4 Å². The van der Waals surface area contributed by atoms with E-state index in [-0.39, 0.29) is 0 Å². The first-order chi connectivity index (χ1) is 4.31.